The van der Waals surface area contributed by atoms with E-state index in [0.29, 0.717) is 23.4 Å². The van der Waals surface area contributed by atoms with Gasteiger partial charge in [-0.05, 0) is 44.4 Å². The SMILES string of the molecule is CC(C)Oc1cc2c(OCC[C@@H]3C[C@@](C)(F)C(=O)N3)nccc2cc1C(N)=O. The number of carbonyl (C=O) groups is 2. The van der Waals surface area contributed by atoms with Crippen molar-refractivity contribution in [3.63, 3.8) is 0 Å². The molecular weight excluding hydrogens is 365 g/mol. The molecule has 1 aliphatic heterocycles. The monoisotopic (exact) mass is 389 g/mol. The van der Waals surface area contributed by atoms with E-state index in [2.05, 4.69) is 10.3 Å². The lowest BCUT2D eigenvalue weighted by Gasteiger charge is -2.16. The number of primary amides is 1. The number of aromatic nitrogens is 1. The summed E-state index contributed by atoms with van der Waals surface area (Å²) >= 11 is 0. The van der Waals surface area contributed by atoms with Gasteiger partial charge in [-0.15, -0.1) is 0 Å². The van der Waals surface area contributed by atoms with E-state index in [-0.39, 0.29) is 30.7 Å². The Labute approximate surface area is 162 Å². The average molecular weight is 389 g/mol. The Morgan fingerprint density at radius 3 is 2.82 bits per heavy atom. The van der Waals surface area contributed by atoms with E-state index in [1.54, 1.807) is 24.4 Å². The van der Waals surface area contributed by atoms with Gasteiger partial charge in [0.25, 0.3) is 11.8 Å². The van der Waals surface area contributed by atoms with Crippen LogP contribution < -0.4 is 20.5 Å². The number of hydrogen-bond acceptors (Lipinski definition) is 5. The number of nitrogens with two attached hydrogens (primary N) is 1. The topological polar surface area (TPSA) is 104 Å². The molecule has 0 unspecified atom stereocenters. The Bertz CT molecular complexity index is 914. The van der Waals surface area contributed by atoms with Crippen LogP contribution in [-0.2, 0) is 4.79 Å². The van der Waals surface area contributed by atoms with Crippen LogP contribution >= 0.6 is 0 Å². The molecule has 0 spiro atoms. The number of nitrogens with zero attached hydrogens (tertiary/aromatic N) is 1. The van der Waals surface area contributed by atoms with E-state index in [1.165, 1.54) is 6.92 Å². The quantitative estimate of drug-likeness (QED) is 0.757. The third-order valence-electron chi connectivity index (χ3n) is 4.60. The molecule has 1 aromatic heterocycles. The molecule has 0 radical (unpaired) electrons. The molecule has 28 heavy (non-hydrogen) atoms. The number of fused-ring (bicyclic) bond motifs is 1. The molecule has 7 nitrogen and oxygen atoms in total. The minimum absolute atomic E-state index is 0.118. The third-order valence-corrected chi connectivity index (χ3v) is 4.60. The predicted molar refractivity (Wildman–Crippen MR) is 102 cm³/mol. The van der Waals surface area contributed by atoms with Crippen molar-refractivity contribution in [2.45, 2.75) is 51.4 Å². The van der Waals surface area contributed by atoms with Gasteiger partial charge in [-0.1, -0.05) is 0 Å². The number of alkyl halides is 1. The zero-order valence-electron chi connectivity index (χ0n) is 16.1. The number of amides is 2. The Morgan fingerprint density at radius 2 is 2.21 bits per heavy atom. The molecule has 8 heteroatoms. The molecule has 1 aromatic carbocycles. The molecule has 0 bridgehead atoms. The first kappa shape index (κ1) is 19.9. The fourth-order valence-electron chi connectivity index (χ4n) is 3.25. The summed E-state index contributed by atoms with van der Waals surface area (Å²) in [6, 6.07) is 4.81. The van der Waals surface area contributed by atoms with Gasteiger partial charge < -0.3 is 20.5 Å². The van der Waals surface area contributed by atoms with Crippen LogP contribution in [0, 0.1) is 0 Å². The molecule has 1 aliphatic rings. The van der Waals surface area contributed by atoms with Crippen LogP contribution in [-0.4, -0.2) is 41.2 Å². The molecule has 3 N–H and O–H groups in total. The summed E-state index contributed by atoms with van der Waals surface area (Å²) in [6.45, 7) is 5.24. The van der Waals surface area contributed by atoms with Gasteiger partial charge in [0.15, 0.2) is 5.67 Å². The molecule has 0 aliphatic carbocycles. The lowest BCUT2D eigenvalue weighted by atomic mass is 10.0. The summed E-state index contributed by atoms with van der Waals surface area (Å²) < 4.78 is 25.5. The zero-order valence-corrected chi connectivity index (χ0v) is 16.1. The largest absolute Gasteiger partial charge is 0.490 e. The van der Waals surface area contributed by atoms with Crippen molar-refractivity contribution in [3.8, 4) is 11.6 Å². The number of carbonyl (C=O) groups excluding carboxylic acids is 2. The highest BCUT2D eigenvalue weighted by Crippen LogP contribution is 2.32. The molecule has 3 rings (SSSR count). The van der Waals surface area contributed by atoms with Crippen LogP contribution in [0.5, 0.6) is 11.6 Å². The van der Waals surface area contributed by atoms with Gasteiger partial charge in [-0.25, -0.2) is 9.37 Å². The number of ether oxygens (including phenoxy) is 2. The lowest BCUT2D eigenvalue weighted by Crippen LogP contribution is -2.31. The van der Waals surface area contributed by atoms with E-state index in [0.717, 1.165) is 5.39 Å². The van der Waals surface area contributed by atoms with Gasteiger partial charge in [0.05, 0.1) is 18.3 Å². The minimum Gasteiger partial charge on any atom is -0.490 e. The Balaban J connectivity index is 1.79. The van der Waals surface area contributed by atoms with Crippen LogP contribution in [0.1, 0.15) is 44.0 Å². The average Bonchev–Trinajstić information content (AvgIpc) is 2.86. The maximum Gasteiger partial charge on any atom is 0.257 e. The number of rotatable bonds is 7. The summed E-state index contributed by atoms with van der Waals surface area (Å²) in [5, 5.41) is 4.04. The lowest BCUT2D eigenvalue weighted by molar-refractivity contribution is -0.128. The molecule has 150 valence electrons. The molecule has 2 heterocycles. The van der Waals surface area contributed by atoms with Gasteiger partial charge >= 0.3 is 0 Å². The standard InChI is InChI=1S/C20H24FN3O4/c1-11(2)28-16-9-14-12(8-15(16)17(22)25)4-6-23-18(14)27-7-5-13-10-20(3,21)19(26)24-13/h4,6,8-9,11,13H,5,7,10H2,1-3H3,(H2,22,25)(H,24,26)/t13-,20-/m1/s1. The molecular formula is C20H24FN3O4. The van der Waals surface area contributed by atoms with Gasteiger partial charge in [0.2, 0.25) is 5.88 Å². The third kappa shape index (κ3) is 4.16. The second-order valence-electron chi connectivity index (χ2n) is 7.43. The van der Waals surface area contributed by atoms with Crippen LogP contribution in [0.25, 0.3) is 10.8 Å². The van der Waals surface area contributed by atoms with Crippen molar-refractivity contribution in [3.05, 3.63) is 30.0 Å². The summed E-state index contributed by atoms with van der Waals surface area (Å²) in [5.41, 5.74) is 3.92. The summed E-state index contributed by atoms with van der Waals surface area (Å²) in [4.78, 5) is 27.5. The second kappa shape index (κ2) is 7.61. The highest BCUT2D eigenvalue weighted by molar-refractivity contribution is 6.01. The molecule has 2 amide bonds. The first-order chi connectivity index (χ1) is 13.2. The van der Waals surface area contributed by atoms with Crippen molar-refractivity contribution in [1.29, 1.82) is 0 Å². The van der Waals surface area contributed by atoms with E-state index in [9.17, 15) is 14.0 Å². The van der Waals surface area contributed by atoms with Crippen molar-refractivity contribution in [2.24, 2.45) is 5.73 Å². The van der Waals surface area contributed by atoms with E-state index < -0.39 is 17.5 Å². The van der Waals surface area contributed by atoms with Crippen LogP contribution in [0.4, 0.5) is 4.39 Å². The molecule has 2 aromatic rings. The number of benzene rings is 1. The van der Waals surface area contributed by atoms with Crippen LogP contribution in [0.15, 0.2) is 24.4 Å². The highest BCUT2D eigenvalue weighted by atomic mass is 19.1. The number of hydrogen-bond donors (Lipinski definition) is 2. The highest BCUT2D eigenvalue weighted by Gasteiger charge is 2.42. The Hall–Kier alpha value is -2.90. The van der Waals surface area contributed by atoms with Crippen molar-refractivity contribution in [1.82, 2.24) is 10.3 Å². The van der Waals surface area contributed by atoms with E-state index >= 15 is 0 Å². The first-order valence-corrected chi connectivity index (χ1v) is 9.19. The van der Waals surface area contributed by atoms with Crippen molar-refractivity contribution < 1.29 is 23.5 Å². The fourth-order valence-corrected chi connectivity index (χ4v) is 3.25. The maximum atomic E-state index is 13.9. The molecule has 2 atom stereocenters. The van der Waals surface area contributed by atoms with E-state index in [4.69, 9.17) is 15.2 Å². The summed E-state index contributed by atoms with van der Waals surface area (Å²) in [6.07, 6.45) is 2.00. The van der Waals surface area contributed by atoms with Crippen molar-refractivity contribution >= 4 is 22.6 Å². The fraction of sp³-hybridized carbons (Fsp3) is 0.450. The Kier molecular flexibility index (Phi) is 5.40. The zero-order chi connectivity index (χ0) is 20.5. The normalized spacial score (nSPS) is 21.8. The predicted octanol–water partition coefficient (Wildman–Crippen LogP) is 2.51. The van der Waals surface area contributed by atoms with Crippen molar-refractivity contribution in [2.75, 3.05) is 6.61 Å². The first-order valence-electron chi connectivity index (χ1n) is 9.19. The second-order valence-corrected chi connectivity index (χ2v) is 7.43. The smallest absolute Gasteiger partial charge is 0.257 e. The molecule has 1 saturated heterocycles. The summed E-state index contributed by atoms with van der Waals surface area (Å²) in [7, 11) is 0. The molecule has 0 saturated carbocycles. The Morgan fingerprint density at radius 1 is 1.46 bits per heavy atom. The van der Waals surface area contributed by atoms with Gasteiger partial charge in [-0.3, -0.25) is 9.59 Å². The molecule has 1 fully saturated rings. The van der Waals surface area contributed by atoms with Gasteiger partial charge in [0.1, 0.15) is 5.75 Å². The van der Waals surface area contributed by atoms with Crippen LogP contribution in [0.2, 0.25) is 0 Å². The van der Waals surface area contributed by atoms with Gasteiger partial charge in [-0.2, -0.15) is 0 Å². The van der Waals surface area contributed by atoms with Crippen LogP contribution in [0.3, 0.4) is 0 Å². The number of halogens is 1. The number of pyridine rings is 1. The number of nitrogens with one attached hydrogen (secondary N) is 1. The maximum absolute atomic E-state index is 13.9. The minimum atomic E-state index is -1.84. The van der Waals surface area contributed by atoms with Gasteiger partial charge in [0, 0.05) is 30.5 Å². The summed E-state index contributed by atoms with van der Waals surface area (Å²) in [5.74, 6) is -0.433. The van der Waals surface area contributed by atoms with E-state index in [1.807, 2.05) is 13.8 Å².